The fourth-order valence-electron chi connectivity index (χ4n) is 3.60. The quantitative estimate of drug-likeness (QED) is 0.608. The maximum Gasteiger partial charge on any atom is 0.227 e. The first-order valence-corrected chi connectivity index (χ1v) is 9.94. The van der Waals surface area contributed by atoms with Crippen molar-refractivity contribution in [3.8, 4) is 5.75 Å². The molecule has 1 aliphatic carbocycles. The van der Waals surface area contributed by atoms with E-state index in [-0.39, 0.29) is 0 Å². The summed E-state index contributed by atoms with van der Waals surface area (Å²) in [5, 5.41) is 3.27. The summed E-state index contributed by atoms with van der Waals surface area (Å²) in [5.74, 6) is 1.38. The predicted octanol–water partition coefficient (Wildman–Crippen LogP) is 4.16. The van der Waals surface area contributed by atoms with Gasteiger partial charge in [-0.25, -0.2) is 9.97 Å². The molecule has 0 bridgehead atoms. The molecule has 0 saturated carbocycles. The van der Waals surface area contributed by atoms with E-state index < -0.39 is 0 Å². The molecule has 152 valence electrons. The molecule has 0 aliphatic heterocycles. The van der Waals surface area contributed by atoms with Gasteiger partial charge in [0.1, 0.15) is 5.75 Å². The van der Waals surface area contributed by atoms with Crippen molar-refractivity contribution in [2.45, 2.75) is 19.3 Å². The molecule has 0 spiro atoms. The molecule has 2 aromatic carbocycles. The van der Waals surface area contributed by atoms with E-state index in [1.54, 1.807) is 14.2 Å². The molecule has 0 atom stereocenters. The molecule has 1 heterocycles. The molecular formula is C24H25N5O. The van der Waals surface area contributed by atoms with Crippen LogP contribution in [0, 0.1) is 0 Å². The van der Waals surface area contributed by atoms with Gasteiger partial charge in [-0.15, -0.1) is 0 Å². The third kappa shape index (κ3) is 4.17. The van der Waals surface area contributed by atoms with E-state index >= 15 is 0 Å². The maximum absolute atomic E-state index is 6.47. The fraction of sp³-hybridized carbons (Fsp3) is 0.208. The number of hydrogen-bond donors (Lipinski definition) is 2. The van der Waals surface area contributed by atoms with E-state index in [1.807, 2.05) is 60.8 Å². The third-order valence-corrected chi connectivity index (χ3v) is 5.21. The summed E-state index contributed by atoms with van der Waals surface area (Å²) in [6.07, 6.45) is 4.16. The number of rotatable bonds is 6. The fourth-order valence-corrected chi connectivity index (χ4v) is 3.60. The van der Waals surface area contributed by atoms with Crippen LogP contribution in [-0.4, -0.2) is 29.8 Å². The summed E-state index contributed by atoms with van der Waals surface area (Å²) >= 11 is 0. The second kappa shape index (κ2) is 8.78. The summed E-state index contributed by atoms with van der Waals surface area (Å²) in [6.45, 7) is 0. The van der Waals surface area contributed by atoms with E-state index in [0.717, 1.165) is 58.1 Å². The number of nitrogens with zero attached hydrogens (tertiary/aromatic N) is 3. The Labute approximate surface area is 176 Å². The maximum atomic E-state index is 6.47. The lowest BCUT2D eigenvalue weighted by Crippen LogP contribution is -2.20. The highest BCUT2D eigenvalue weighted by atomic mass is 16.5. The second-order valence-corrected chi connectivity index (χ2v) is 7.15. The van der Waals surface area contributed by atoms with Crippen molar-refractivity contribution >= 4 is 22.9 Å². The number of aliphatic imine (C=N–C) groups is 1. The molecule has 6 heteroatoms. The Bertz CT molecular complexity index is 1090. The van der Waals surface area contributed by atoms with E-state index in [4.69, 9.17) is 15.5 Å². The van der Waals surface area contributed by atoms with Gasteiger partial charge >= 0.3 is 0 Å². The van der Waals surface area contributed by atoms with Crippen molar-refractivity contribution < 1.29 is 4.74 Å². The topological polar surface area (TPSA) is 85.4 Å². The van der Waals surface area contributed by atoms with Gasteiger partial charge in [0.2, 0.25) is 5.95 Å². The van der Waals surface area contributed by atoms with Crippen LogP contribution < -0.4 is 15.8 Å². The minimum atomic E-state index is 0.548. The van der Waals surface area contributed by atoms with Crippen molar-refractivity contribution in [1.29, 1.82) is 0 Å². The van der Waals surface area contributed by atoms with Crippen molar-refractivity contribution in [3.05, 3.63) is 83.3 Å². The average Bonchev–Trinajstić information content (AvgIpc) is 2.79. The number of aryl methyl sites for hydroxylation is 1. The second-order valence-electron chi connectivity index (χ2n) is 7.15. The van der Waals surface area contributed by atoms with Gasteiger partial charge in [-0.1, -0.05) is 30.3 Å². The van der Waals surface area contributed by atoms with Crippen LogP contribution in [0.3, 0.4) is 0 Å². The van der Waals surface area contributed by atoms with Gasteiger partial charge in [-0.2, -0.15) is 0 Å². The summed E-state index contributed by atoms with van der Waals surface area (Å²) < 4.78 is 5.26. The highest BCUT2D eigenvalue weighted by Gasteiger charge is 2.24. The Balaban J connectivity index is 1.66. The van der Waals surface area contributed by atoms with Crippen molar-refractivity contribution in [2.24, 2.45) is 10.7 Å². The summed E-state index contributed by atoms with van der Waals surface area (Å²) in [5.41, 5.74) is 13.2. The lowest BCUT2D eigenvalue weighted by Gasteiger charge is -2.22. The monoisotopic (exact) mass is 399 g/mol. The van der Waals surface area contributed by atoms with Crippen molar-refractivity contribution in [1.82, 2.24) is 9.97 Å². The molecule has 3 aromatic rings. The first-order chi connectivity index (χ1) is 14.7. The minimum Gasteiger partial charge on any atom is -0.497 e. The molecule has 3 N–H and O–H groups in total. The zero-order valence-electron chi connectivity index (χ0n) is 17.2. The first-order valence-electron chi connectivity index (χ1n) is 9.94. The Hall–Kier alpha value is -3.67. The molecule has 30 heavy (non-hydrogen) atoms. The van der Waals surface area contributed by atoms with Crippen LogP contribution in [0.5, 0.6) is 5.75 Å². The van der Waals surface area contributed by atoms with Gasteiger partial charge < -0.3 is 15.8 Å². The number of hydrogen-bond acceptors (Lipinski definition) is 6. The van der Waals surface area contributed by atoms with Gasteiger partial charge in [0.05, 0.1) is 12.8 Å². The Kier molecular flexibility index (Phi) is 5.75. The van der Waals surface area contributed by atoms with E-state index in [9.17, 15) is 0 Å². The number of allylic oxidation sites excluding steroid dienone is 2. The number of ether oxygens (including phenoxy) is 1. The van der Waals surface area contributed by atoms with Crippen LogP contribution in [0.1, 0.15) is 23.2 Å². The number of benzene rings is 2. The SMILES string of the molecule is CN=C(Cc1ccc(OC)cc1)C1=C(N)CCc2cnc(Nc3ccccc3)nc21. The van der Waals surface area contributed by atoms with E-state index in [1.165, 1.54) is 0 Å². The summed E-state index contributed by atoms with van der Waals surface area (Å²) in [7, 11) is 3.47. The van der Waals surface area contributed by atoms with E-state index in [2.05, 4.69) is 15.3 Å². The molecule has 6 nitrogen and oxygen atoms in total. The standard InChI is InChI=1S/C24H25N5O/c1-26-21(14-16-8-11-19(30-2)12-9-16)22-20(25)13-10-17-15-27-24(29-23(17)22)28-18-6-4-3-5-7-18/h3-9,11-12,15H,10,13-14,25H2,1-2H3,(H,27,28,29). The van der Waals surface area contributed by atoms with Crippen LogP contribution in [0.15, 0.2) is 71.5 Å². The molecule has 1 aliphatic rings. The van der Waals surface area contributed by atoms with Crippen molar-refractivity contribution in [3.63, 3.8) is 0 Å². The molecule has 0 fully saturated rings. The zero-order chi connectivity index (χ0) is 20.9. The van der Waals surface area contributed by atoms with Crippen LogP contribution in [-0.2, 0) is 12.8 Å². The Morgan fingerprint density at radius 2 is 1.87 bits per heavy atom. The normalized spacial score (nSPS) is 13.7. The lowest BCUT2D eigenvalue weighted by atomic mass is 9.88. The number of anilines is 2. The molecule has 0 radical (unpaired) electrons. The number of fused-ring (bicyclic) bond motifs is 1. The number of nitrogens with two attached hydrogens (primary N) is 1. The molecule has 0 saturated heterocycles. The van der Waals surface area contributed by atoms with Gasteiger partial charge in [0.25, 0.3) is 0 Å². The third-order valence-electron chi connectivity index (χ3n) is 5.21. The van der Waals surface area contributed by atoms with Gasteiger partial charge in [0, 0.05) is 42.3 Å². The average molecular weight is 399 g/mol. The number of methoxy groups -OCH3 is 1. The Morgan fingerprint density at radius 1 is 1.10 bits per heavy atom. The molecule has 1 aromatic heterocycles. The molecular weight excluding hydrogens is 374 g/mol. The van der Waals surface area contributed by atoms with Crippen LogP contribution in [0.4, 0.5) is 11.6 Å². The summed E-state index contributed by atoms with van der Waals surface area (Å²) in [4.78, 5) is 13.9. The Morgan fingerprint density at radius 3 is 2.57 bits per heavy atom. The predicted molar refractivity (Wildman–Crippen MR) is 121 cm³/mol. The van der Waals surface area contributed by atoms with Crippen LogP contribution in [0.2, 0.25) is 0 Å². The van der Waals surface area contributed by atoms with Crippen LogP contribution >= 0.6 is 0 Å². The van der Waals surface area contributed by atoms with Gasteiger partial charge in [-0.3, -0.25) is 4.99 Å². The van der Waals surface area contributed by atoms with Gasteiger partial charge in [0.15, 0.2) is 0 Å². The minimum absolute atomic E-state index is 0.548. The lowest BCUT2D eigenvalue weighted by molar-refractivity contribution is 0.414. The molecule has 0 unspecified atom stereocenters. The largest absolute Gasteiger partial charge is 0.497 e. The number of aromatic nitrogens is 2. The number of nitrogens with one attached hydrogen (secondary N) is 1. The number of para-hydroxylation sites is 1. The smallest absolute Gasteiger partial charge is 0.227 e. The van der Waals surface area contributed by atoms with Gasteiger partial charge in [-0.05, 0) is 48.2 Å². The van der Waals surface area contributed by atoms with E-state index in [0.29, 0.717) is 12.4 Å². The van der Waals surface area contributed by atoms with Crippen LogP contribution in [0.25, 0.3) is 5.57 Å². The zero-order valence-corrected chi connectivity index (χ0v) is 17.2. The molecule has 0 amide bonds. The highest BCUT2D eigenvalue weighted by molar-refractivity contribution is 6.25. The summed E-state index contributed by atoms with van der Waals surface area (Å²) in [6, 6.07) is 17.9. The molecule has 4 rings (SSSR count). The van der Waals surface area contributed by atoms with Crippen molar-refractivity contribution in [2.75, 3.05) is 19.5 Å². The highest BCUT2D eigenvalue weighted by Crippen LogP contribution is 2.31. The first kappa shape index (κ1) is 19.6.